The van der Waals surface area contributed by atoms with Crippen LogP contribution in [0.4, 0.5) is 0 Å². The molecule has 102 valence electrons. The molecule has 3 aliphatic rings. The van der Waals surface area contributed by atoms with Crippen LogP contribution in [0, 0.1) is 11.3 Å². The Morgan fingerprint density at radius 3 is 2.84 bits per heavy atom. The van der Waals surface area contributed by atoms with E-state index in [9.17, 15) is 0 Å². The molecule has 1 heterocycles. The van der Waals surface area contributed by atoms with E-state index in [0.717, 1.165) is 12.0 Å². The molecule has 1 saturated carbocycles. The average Bonchev–Trinajstić information content (AvgIpc) is 2.38. The molecular weight excluding hydrogens is 230 g/mol. The van der Waals surface area contributed by atoms with E-state index < -0.39 is 0 Å². The summed E-state index contributed by atoms with van der Waals surface area (Å²) in [5.74, 6) is 0.861. The molecule has 0 aromatic heterocycles. The van der Waals surface area contributed by atoms with Crippen LogP contribution in [-0.4, -0.2) is 12.6 Å². The highest BCUT2D eigenvalue weighted by molar-refractivity contribution is 5.41. The normalized spacial score (nSPS) is 39.3. The highest BCUT2D eigenvalue weighted by Gasteiger charge is 2.54. The molecule has 1 saturated heterocycles. The van der Waals surface area contributed by atoms with Crippen molar-refractivity contribution in [2.24, 2.45) is 11.3 Å². The molecule has 2 fully saturated rings. The molecule has 0 amide bonds. The Hall–Kier alpha value is -0.820. The minimum absolute atomic E-state index is 0.500. The van der Waals surface area contributed by atoms with Crippen molar-refractivity contribution in [1.29, 1.82) is 0 Å². The fourth-order valence-corrected chi connectivity index (χ4v) is 5.20. The molecule has 19 heavy (non-hydrogen) atoms. The topological polar surface area (TPSA) is 12.0 Å². The zero-order chi connectivity index (χ0) is 13.1. The first-order chi connectivity index (χ1) is 9.11. The van der Waals surface area contributed by atoms with Crippen LogP contribution in [0.1, 0.15) is 50.7 Å². The monoisotopic (exact) mass is 255 g/mol. The Balaban J connectivity index is 1.85. The summed E-state index contributed by atoms with van der Waals surface area (Å²) in [6, 6.07) is 10.0. The number of hydrogen-bond donors (Lipinski definition) is 1. The van der Waals surface area contributed by atoms with Crippen LogP contribution in [0.25, 0.3) is 0 Å². The highest BCUT2D eigenvalue weighted by atomic mass is 15.0. The van der Waals surface area contributed by atoms with Gasteiger partial charge in [0.15, 0.2) is 0 Å². The first-order valence-corrected chi connectivity index (χ1v) is 7.93. The molecule has 3 atom stereocenters. The lowest BCUT2D eigenvalue weighted by atomic mass is 9.49. The smallest absolute Gasteiger partial charge is 0.0145 e. The van der Waals surface area contributed by atoms with Gasteiger partial charge in [-0.25, -0.2) is 0 Å². The van der Waals surface area contributed by atoms with Gasteiger partial charge in [-0.1, -0.05) is 38.1 Å². The largest absolute Gasteiger partial charge is 0.313 e. The molecular formula is C18H25N. The van der Waals surface area contributed by atoms with E-state index in [1.54, 1.807) is 11.1 Å². The van der Waals surface area contributed by atoms with Gasteiger partial charge in [-0.2, -0.15) is 0 Å². The molecule has 0 spiro atoms. The van der Waals surface area contributed by atoms with Gasteiger partial charge in [-0.3, -0.25) is 0 Å². The van der Waals surface area contributed by atoms with Crippen LogP contribution in [0.2, 0.25) is 0 Å². The van der Waals surface area contributed by atoms with E-state index in [1.165, 1.54) is 38.6 Å². The summed E-state index contributed by atoms with van der Waals surface area (Å²) >= 11 is 0. The van der Waals surface area contributed by atoms with E-state index in [-0.39, 0.29) is 0 Å². The summed E-state index contributed by atoms with van der Waals surface area (Å²) < 4.78 is 0. The summed E-state index contributed by atoms with van der Waals surface area (Å²) in [6.07, 6.45) is 6.79. The second-order valence-electron chi connectivity index (χ2n) is 7.80. The Bertz CT molecular complexity index is 504. The Kier molecular flexibility index (Phi) is 2.42. The van der Waals surface area contributed by atoms with Gasteiger partial charge in [0.2, 0.25) is 0 Å². The van der Waals surface area contributed by atoms with Crippen LogP contribution in [0.3, 0.4) is 0 Å². The Morgan fingerprint density at radius 1 is 1.11 bits per heavy atom. The predicted molar refractivity (Wildman–Crippen MR) is 79.4 cm³/mol. The summed E-state index contributed by atoms with van der Waals surface area (Å²) in [5.41, 5.74) is 4.36. The summed E-state index contributed by atoms with van der Waals surface area (Å²) in [5, 5.41) is 3.82. The number of nitrogens with one attached hydrogen (secondary N) is 1. The molecule has 1 aliphatic heterocycles. The van der Waals surface area contributed by atoms with Crippen molar-refractivity contribution in [2.75, 3.05) is 6.54 Å². The van der Waals surface area contributed by atoms with Gasteiger partial charge in [0.05, 0.1) is 0 Å². The number of piperidine rings is 1. The molecule has 1 heteroatoms. The molecule has 2 aliphatic carbocycles. The Morgan fingerprint density at radius 2 is 1.95 bits per heavy atom. The number of fused-ring (bicyclic) bond motifs is 1. The van der Waals surface area contributed by atoms with E-state index in [0.29, 0.717) is 10.8 Å². The van der Waals surface area contributed by atoms with Crippen molar-refractivity contribution in [1.82, 2.24) is 5.32 Å². The highest BCUT2D eigenvalue weighted by Crippen LogP contribution is 2.57. The lowest BCUT2D eigenvalue weighted by Gasteiger charge is -2.59. The molecule has 4 rings (SSSR count). The van der Waals surface area contributed by atoms with Crippen molar-refractivity contribution in [3.63, 3.8) is 0 Å². The maximum atomic E-state index is 3.82. The first-order valence-electron chi connectivity index (χ1n) is 7.93. The van der Waals surface area contributed by atoms with Gasteiger partial charge in [0.25, 0.3) is 0 Å². The zero-order valence-corrected chi connectivity index (χ0v) is 12.2. The van der Waals surface area contributed by atoms with Gasteiger partial charge in [-0.05, 0) is 61.1 Å². The number of benzene rings is 1. The predicted octanol–water partition coefficient (Wildman–Crippen LogP) is 3.67. The molecule has 1 N–H and O–H groups in total. The van der Waals surface area contributed by atoms with Gasteiger partial charge in [-0.15, -0.1) is 0 Å². The fraction of sp³-hybridized carbons (Fsp3) is 0.667. The summed E-state index contributed by atoms with van der Waals surface area (Å²) in [4.78, 5) is 0. The van der Waals surface area contributed by atoms with Crippen LogP contribution in [0.5, 0.6) is 0 Å². The van der Waals surface area contributed by atoms with Crippen molar-refractivity contribution in [3.8, 4) is 0 Å². The maximum Gasteiger partial charge on any atom is 0.0145 e. The van der Waals surface area contributed by atoms with Crippen LogP contribution in [0.15, 0.2) is 24.3 Å². The summed E-state index contributed by atoms with van der Waals surface area (Å²) in [7, 11) is 0. The lowest BCUT2D eigenvalue weighted by Crippen LogP contribution is -2.61. The van der Waals surface area contributed by atoms with E-state index in [1.807, 2.05) is 0 Å². The molecule has 1 aromatic rings. The zero-order valence-electron chi connectivity index (χ0n) is 12.2. The van der Waals surface area contributed by atoms with Crippen LogP contribution in [-0.2, 0) is 11.8 Å². The molecule has 1 nitrogen and oxygen atoms in total. The number of hydrogen-bond acceptors (Lipinski definition) is 1. The second-order valence-corrected chi connectivity index (χ2v) is 7.80. The minimum atomic E-state index is 0.500. The average molecular weight is 255 g/mol. The molecule has 0 unspecified atom stereocenters. The van der Waals surface area contributed by atoms with Crippen LogP contribution >= 0.6 is 0 Å². The third-order valence-corrected chi connectivity index (χ3v) is 6.19. The van der Waals surface area contributed by atoms with E-state index in [2.05, 4.69) is 43.4 Å². The van der Waals surface area contributed by atoms with E-state index in [4.69, 9.17) is 0 Å². The number of rotatable bonds is 0. The van der Waals surface area contributed by atoms with Crippen LogP contribution < -0.4 is 5.32 Å². The van der Waals surface area contributed by atoms with Gasteiger partial charge < -0.3 is 5.32 Å². The van der Waals surface area contributed by atoms with Crippen molar-refractivity contribution in [3.05, 3.63) is 35.4 Å². The molecule has 2 bridgehead atoms. The minimum Gasteiger partial charge on any atom is -0.313 e. The third kappa shape index (κ3) is 1.64. The maximum absolute atomic E-state index is 3.82. The SMILES string of the molecule is CC1(C)CC[C@]23CCN[C@H](Cc4ccccc42)[C@@H]3C1. The van der Waals surface area contributed by atoms with Crippen molar-refractivity contribution >= 4 is 0 Å². The first kappa shape index (κ1) is 12.0. The van der Waals surface area contributed by atoms with Gasteiger partial charge >= 0.3 is 0 Å². The van der Waals surface area contributed by atoms with Gasteiger partial charge in [0, 0.05) is 11.5 Å². The van der Waals surface area contributed by atoms with Gasteiger partial charge in [0.1, 0.15) is 0 Å². The van der Waals surface area contributed by atoms with Crippen molar-refractivity contribution in [2.45, 2.75) is 57.4 Å². The fourth-order valence-electron chi connectivity index (χ4n) is 5.20. The van der Waals surface area contributed by atoms with Crippen molar-refractivity contribution < 1.29 is 0 Å². The quantitative estimate of drug-likeness (QED) is 0.746. The second kappa shape index (κ2) is 3.85. The standard InChI is InChI=1S/C18H25N/c1-17(2)7-8-18-9-10-19-16(15(18)12-17)11-13-5-3-4-6-14(13)18/h3-6,15-16,19H,7-12H2,1-2H3/t15-,16+,18-/m0/s1. The summed E-state index contributed by atoms with van der Waals surface area (Å²) in [6.45, 7) is 6.15. The molecule has 0 radical (unpaired) electrons. The molecule has 1 aromatic carbocycles. The van der Waals surface area contributed by atoms with E-state index >= 15 is 0 Å². The lowest BCUT2D eigenvalue weighted by molar-refractivity contribution is 0.0210. The third-order valence-electron chi connectivity index (χ3n) is 6.19. The Labute approximate surface area is 116 Å².